The van der Waals surface area contributed by atoms with Gasteiger partial charge in [-0.3, -0.25) is 19.8 Å². The highest BCUT2D eigenvalue weighted by Crippen LogP contribution is 2.10. The zero-order chi connectivity index (χ0) is 13.1. The SMILES string of the molecule is CN1C(=O)CC(NCc2cn(CCO)nn2)C1=O. The van der Waals surface area contributed by atoms with Crippen molar-refractivity contribution in [3.8, 4) is 0 Å². The molecule has 1 saturated heterocycles. The van der Waals surface area contributed by atoms with Crippen LogP contribution in [-0.4, -0.2) is 56.5 Å². The van der Waals surface area contributed by atoms with Gasteiger partial charge in [0, 0.05) is 19.8 Å². The zero-order valence-corrected chi connectivity index (χ0v) is 10.0. The van der Waals surface area contributed by atoms with Crippen molar-refractivity contribution in [2.24, 2.45) is 0 Å². The maximum atomic E-state index is 11.6. The van der Waals surface area contributed by atoms with Gasteiger partial charge in [-0.25, -0.2) is 4.68 Å². The fraction of sp³-hybridized carbons (Fsp3) is 0.600. The molecule has 1 aliphatic rings. The Morgan fingerprint density at radius 1 is 1.56 bits per heavy atom. The van der Waals surface area contributed by atoms with Crippen molar-refractivity contribution in [1.29, 1.82) is 0 Å². The van der Waals surface area contributed by atoms with Crippen LogP contribution in [-0.2, 0) is 22.7 Å². The number of amides is 2. The lowest BCUT2D eigenvalue weighted by Crippen LogP contribution is -2.36. The predicted octanol–water partition coefficient (Wildman–Crippen LogP) is -1.88. The van der Waals surface area contributed by atoms with Crippen LogP contribution in [0.25, 0.3) is 0 Å². The summed E-state index contributed by atoms with van der Waals surface area (Å²) in [5, 5.41) is 19.4. The molecule has 0 spiro atoms. The average molecular weight is 253 g/mol. The van der Waals surface area contributed by atoms with Gasteiger partial charge in [-0.05, 0) is 0 Å². The molecule has 8 heteroatoms. The maximum absolute atomic E-state index is 11.6. The van der Waals surface area contributed by atoms with Gasteiger partial charge in [0.1, 0.15) is 0 Å². The van der Waals surface area contributed by atoms with E-state index >= 15 is 0 Å². The quantitative estimate of drug-likeness (QED) is 0.596. The van der Waals surface area contributed by atoms with Crippen molar-refractivity contribution in [3.05, 3.63) is 11.9 Å². The van der Waals surface area contributed by atoms with Gasteiger partial charge in [-0.15, -0.1) is 5.10 Å². The van der Waals surface area contributed by atoms with Crippen LogP contribution in [0.15, 0.2) is 6.20 Å². The number of aromatic nitrogens is 3. The largest absolute Gasteiger partial charge is 0.394 e. The first-order valence-corrected chi connectivity index (χ1v) is 5.65. The molecular formula is C10H15N5O3. The van der Waals surface area contributed by atoms with Crippen LogP contribution in [0.2, 0.25) is 0 Å². The van der Waals surface area contributed by atoms with Gasteiger partial charge in [-0.2, -0.15) is 0 Å². The Hall–Kier alpha value is -1.80. The molecule has 0 aromatic carbocycles. The first kappa shape index (κ1) is 12.7. The van der Waals surface area contributed by atoms with Crippen molar-refractivity contribution < 1.29 is 14.7 Å². The zero-order valence-electron chi connectivity index (χ0n) is 10.0. The lowest BCUT2D eigenvalue weighted by Gasteiger charge is -2.09. The fourth-order valence-electron chi connectivity index (χ4n) is 1.77. The average Bonchev–Trinajstić information content (AvgIpc) is 2.88. The highest BCUT2D eigenvalue weighted by Gasteiger charge is 2.35. The summed E-state index contributed by atoms with van der Waals surface area (Å²) in [6, 6.07) is -0.481. The topological polar surface area (TPSA) is 100 Å². The van der Waals surface area contributed by atoms with Crippen LogP contribution < -0.4 is 5.32 Å². The summed E-state index contributed by atoms with van der Waals surface area (Å²) in [5.41, 5.74) is 0.665. The fourth-order valence-corrected chi connectivity index (χ4v) is 1.77. The summed E-state index contributed by atoms with van der Waals surface area (Å²) in [7, 11) is 1.48. The number of carbonyl (C=O) groups is 2. The molecule has 0 radical (unpaired) electrons. The first-order valence-electron chi connectivity index (χ1n) is 5.65. The number of nitrogens with zero attached hydrogens (tertiary/aromatic N) is 4. The molecule has 2 rings (SSSR count). The normalized spacial score (nSPS) is 19.9. The summed E-state index contributed by atoms with van der Waals surface area (Å²) in [4.78, 5) is 24.0. The van der Waals surface area contributed by atoms with E-state index in [1.165, 1.54) is 11.7 Å². The molecule has 8 nitrogen and oxygen atoms in total. The summed E-state index contributed by atoms with van der Waals surface area (Å²) >= 11 is 0. The number of hydrogen-bond donors (Lipinski definition) is 2. The van der Waals surface area contributed by atoms with E-state index in [9.17, 15) is 9.59 Å². The minimum absolute atomic E-state index is 0.00334. The standard InChI is InChI=1S/C10H15N5O3/c1-14-9(17)4-8(10(14)18)11-5-7-6-15(2-3-16)13-12-7/h6,8,11,16H,2-5H2,1H3. The second-order valence-electron chi connectivity index (χ2n) is 4.13. The molecule has 2 N–H and O–H groups in total. The third-order valence-electron chi connectivity index (χ3n) is 2.83. The molecule has 1 aromatic heterocycles. The molecular weight excluding hydrogens is 238 g/mol. The van der Waals surface area contributed by atoms with E-state index in [1.54, 1.807) is 6.20 Å². The lowest BCUT2D eigenvalue weighted by molar-refractivity contribution is -0.137. The number of hydrogen-bond acceptors (Lipinski definition) is 6. The Balaban J connectivity index is 1.88. The van der Waals surface area contributed by atoms with Crippen molar-refractivity contribution in [2.75, 3.05) is 13.7 Å². The van der Waals surface area contributed by atoms with Crippen molar-refractivity contribution in [3.63, 3.8) is 0 Å². The van der Waals surface area contributed by atoms with Gasteiger partial charge in [-0.1, -0.05) is 5.21 Å². The number of carbonyl (C=O) groups excluding carboxylic acids is 2. The van der Waals surface area contributed by atoms with Crippen LogP contribution >= 0.6 is 0 Å². The summed E-state index contributed by atoms with van der Waals surface area (Å²) in [5.74, 6) is -0.399. The second-order valence-corrected chi connectivity index (χ2v) is 4.13. The molecule has 0 bridgehead atoms. The van der Waals surface area contributed by atoms with Gasteiger partial charge in [0.05, 0.1) is 31.3 Å². The summed E-state index contributed by atoms with van der Waals surface area (Å²) < 4.78 is 1.52. The van der Waals surface area contributed by atoms with E-state index in [1.807, 2.05) is 0 Å². The number of likely N-dealkylation sites (N-methyl/N-ethyl adjacent to an activating group) is 1. The number of aliphatic hydroxyl groups excluding tert-OH is 1. The van der Waals surface area contributed by atoms with Crippen LogP contribution in [0.1, 0.15) is 12.1 Å². The van der Waals surface area contributed by atoms with Gasteiger partial charge in [0.25, 0.3) is 0 Å². The van der Waals surface area contributed by atoms with Crippen molar-refractivity contribution >= 4 is 11.8 Å². The third kappa shape index (κ3) is 2.54. The van der Waals surface area contributed by atoms with Crippen LogP contribution in [0.4, 0.5) is 0 Å². The van der Waals surface area contributed by atoms with Gasteiger partial charge < -0.3 is 5.11 Å². The Morgan fingerprint density at radius 3 is 2.94 bits per heavy atom. The van der Waals surface area contributed by atoms with Gasteiger partial charge in [0.2, 0.25) is 11.8 Å². The van der Waals surface area contributed by atoms with Crippen LogP contribution in [0, 0.1) is 0 Å². The minimum atomic E-state index is -0.481. The number of likely N-dealkylation sites (tertiary alicyclic amines) is 1. The smallest absolute Gasteiger partial charge is 0.246 e. The third-order valence-corrected chi connectivity index (χ3v) is 2.83. The Labute approximate surface area is 104 Å². The molecule has 1 aromatic rings. The van der Waals surface area contributed by atoms with E-state index in [0.717, 1.165) is 4.90 Å². The Morgan fingerprint density at radius 2 is 2.33 bits per heavy atom. The molecule has 98 valence electrons. The number of aliphatic hydroxyl groups is 1. The van der Waals surface area contributed by atoms with Crippen LogP contribution in [0.3, 0.4) is 0 Å². The minimum Gasteiger partial charge on any atom is -0.394 e. The molecule has 18 heavy (non-hydrogen) atoms. The molecule has 1 unspecified atom stereocenters. The van der Waals surface area contributed by atoms with E-state index in [-0.39, 0.29) is 24.8 Å². The van der Waals surface area contributed by atoms with E-state index in [2.05, 4.69) is 15.6 Å². The number of nitrogens with one attached hydrogen (secondary N) is 1. The summed E-state index contributed by atoms with van der Waals surface area (Å²) in [6.45, 7) is 0.746. The monoisotopic (exact) mass is 253 g/mol. The van der Waals surface area contributed by atoms with Gasteiger partial charge in [0.15, 0.2) is 0 Å². The maximum Gasteiger partial charge on any atom is 0.246 e. The molecule has 1 aliphatic heterocycles. The Bertz CT molecular complexity index is 458. The highest BCUT2D eigenvalue weighted by molar-refractivity contribution is 6.05. The second kappa shape index (κ2) is 5.23. The molecule has 2 heterocycles. The molecule has 1 fully saturated rings. The van der Waals surface area contributed by atoms with E-state index in [0.29, 0.717) is 18.8 Å². The molecule has 0 saturated carbocycles. The van der Waals surface area contributed by atoms with Crippen molar-refractivity contribution in [1.82, 2.24) is 25.2 Å². The van der Waals surface area contributed by atoms with Crippen molar-refractivity contribution in [2.45, 2.75) is 25.6 Å². The van der Waals surface area contributed by atoms with E-state index < -0.39 is 6.04 Å². The van der Waals surface area contributed by atoms with E-state index in [4.69, 9.17) is 5.11 Å². The number of rotatable bonds is 5. The molecule has 2 amide bonds. The molecule has 1 atom stereocenters. The Kier molecular flexibility index (Phi) is 3.68. The van der Waals surface area contributed by atoms with Gasteiger partial charge >= 0.3 is 0 Å². The number of imide groups is 1. The molecule has 0 aliphatic carbocycles. The predicted molar refractivity (Wildman–Crippen MR) is 60.1 cm³/mol. The first-order chi connectivity index (χ1) is 8.61. The lowest BCUT2D eigenvalue weighted by atomic mass is 10.2. The van der Waals surface area contributed by atoms with Crippen LogP contribution in [0.5, 0.6) is 0 Å². The summed E-state index contributed by atoms with van der Waals surface area (Å²) in [6.07, 6.45) is 1.87. The highest BCUT2D eigenvalue weighted by atomic mass is 16.3.